The SMILES string of the molecule is O=C(Nc1ccccc1)C1CCN(c2ccc(S(=O)(=O)C(F)(F)F)cc2[N+](=O)[O-])CC1. The average Bonchev–Trinajstić information content (AvgIpc) is 2.73. The summed E-state index contributed by atoms with van der Waals surface area (Å²) in [6, 6.07) is 11.0. The van der Waals surface area contributed by atoms with Crippen LogP contribution in [0.1, 0.15) is 12.8 Å². The number of nitrogens with one attached hydrogen (secondary N) is 1. The van der Waals surface area contributed by atoms with E-state index in [1.54, 1.807) is 29.2 Å². The first-order valence-electron chi connectivity index (χ1n) is 9.21. The number of hydrogen-bond donors (Lipinski definition) is 1. The van der Waals surface area contributed by atoms with Crippen LogP contribution < -0.4 is 10.2 Å². The highest BCUT2D eigenvalue weighted by Crippen LogP contribution is 2.37. The zero-order chi connectivity index (χ0) is 22.8. The second-order valence-corrected chi connectivity index (χ2v) is 8.91. The quantitative estimate of drug-likeness (QED) is 0.541. The Bertz CT molecular complexity index is 1080. The Morgan fingerprint density at radius 1 is 1.10 bits per heavy atom. The van der Waals surface area contributed by atoms with Crippen LogP contribution >= 0.6 is 0 Å². The minimum atomic E-state index is -5.71. The first-order chi connectivity index (χ1) is 14.5. The highest BCUT2D eigenvalue weighted by Gasteiger charge is 2.47. The highest BCUT2D eigenvalue weighted by atomic mass is 32.2. The van der Waals surface area contributed by atoms with Crippen molar-refractivity contribution in [2.45, 2.75) is 23.2 Å². The summed E-state index contributed by atoms with van der Waals surface area (Å²) in [6.07, 6.45) is 0.747. The van der Waals surface area contributed by atoms with E-state index in [0.717, 1.165) is 6.07 Å². The number of benzene rings is 2. The van der Waals surface area contributed by atoms with Crippen LogP contribution in [-0.4, -0.2) is 37.8 Å². The molecule has 1 N–H and O–H groups in total. The van der Waals surface area contributed by atoms with Crippen LogP contribution in [0.25, 0.3) is 0 Å². The van der Waals surface area contributed by atoms with E-state index < -0.39 is 30.9 Å². The van der Waals surface area contributed by atoms with Crippen LogP contribution in [0, 0.1) is 16.0 Å². The van der Waals surface area contributed by atoms with Crippen molar-refractivity contribution in [2.75, 3.05) is 23.3 Å². The maximum atomic E-state index is 12.8. The van der Waals surface area contributed by atoms with E-state index in [4.69, 9.17) is 0 Å². The number of nitro groups is 1. The van der Waals surface area contributed by atoms with Gasteiger partial charge in [-0.15, -0.1) is 0 Å². The third kappa shape index (κ3) is 4.79. The lowest BCUT2D eigenvalue weighted by atomic mass is 9.95. The smallest absolute Gasteiger partial charge is 0.366 e. The first kappa shape index (κ1) is 22.5. The monoisotopic (exact) mass is 457 g/mol. The molecule has 0 radical (unpaired) electrons. The molecule has 3 rings (SSSR count). The summed E-state index contributed by atoms with van der Waals surface area (Å²) in [6.45, 7) is 0.498. The van der Waals surface area contributed by atoms with E-state index in [2.05, 4.69) is 5.32 Å². The average molecular weight is 457 g/mol. The largest absolute Gasteiger partial charge is 0.501 e. The Morgan fingerprint density at radius 3 is 2.26 bits per heavy atom. The van der Waals surface area contributed by atoms with E-state index in [-0.39, 0.29) is 30.6 Å². The molecule has 0 bridgehead atoms. The summed E-state index contributed by atoms with van der Waals surface area (Å²) in [7, 11) is -5.71. The summed E-state index contributed by atoms with van der Waals surface area (Å²) in [5.41, 5.74) is -5.65. The van der Waals surface area contributed by atoms with Gasteiger partial charge in [0.15, 0.2) is 0 Å². The molecule has 2 aromatic rings. The number of carbonyl (C=O) groups is 1. The standard InChI is InChI=1S/C19H18F3N3O5S/c20-19(21,22)31(29,30)15-6-7-16(17(12-15)25(27)28)24-10-8-13(9-11-24)18(26)23-14-4-2-1-3-5-14/h1-7,12-13H,8-11H2,(H,23,26). The number of para-hydroxylation sites is 1. The van der Waals surface area contributed by atoms with Crippen molar-refractivity contribution < 1.29 is 31.3 Å². The number of amides is 1. The van der Waals surface area contributed by atoms with Gasteiger partial charge in [0, 0.05) is 30.8 Å². The van der Waals surface area contributed by atoms with Gasteiger partial charge in [0.05, 0.1) is 9.82 Å². The molecule has 12 heteroatoms. The summed E-state index contributed by atoms with van der Waals surface area (Å²) in [4.78, 5) is 23.3. The predicted molar refractivity (Wildman–Crippen MR) is 106 cm³/mol. The van der Waals surface area contributed by atoms with Crippen LogP contribution in [-0.2, 0) is 14.6 Å². The molecule has 0 aliphatic carbocycles. The molecule has 2 aromatic carbocycles. The predicted octanol–water partition coefficient (Wildman–Crippen LogP) is 3.74. The van der Waals surface area contributed by atoms with E-state index >= 15 is 0 Å². The topological polar surface area (TPSA) is 110 Å². The fourth-order valence-corrected chi connectivity index (χ4v) is 4.15. The lowest BCUT2D eigenvalue weighted by Gasteiger charge is -2.32. The Labute approximate surface area is 175 Å². The Balaban J connectivity index is 1.75. The van der Waals surface area contributed by atoms with E-state index in [1.807, 2.05) is 6.07 Å². The normalized spacial score (nSPS) is 15.5. The number of halogens is 3. The summed E-state index contributed by atoms with van der Waals surface area (Å²) < 4.78 is 61.5. The van der Waals surface area contributed by atoms with Gasteiger partial charge in [-0.25, -0.2) is 8.42 Å². The highest BCUT2D eigenvalue weighted by molar-refractivity contribution is 7.92. The second kappa shape index (κ2) is 8.53. The molecule has 0 unspecified atom stereocenters. The van der Waals surface area contributed by atoms with Gasteiger partial charge in [0.2, 0.25) is 5.91 Å². The zero-order valence-corrected chi connectivity index (χ0v) is 16.8. The number of rotatable bonds is 5. The van der Waals surface area contributed by atoms with Gasteiger partial charge in [0.25, 0.3) is 15.5 Å². The third-order valence-electron chi connectivity index (χ3n) is 5.01. The fourth-order valence-electron chi connectivity index (χ4n) is 3.37. The number of nitro benzene ring substituents is 1. The summed E-state index contributed by atoms with van der Waals surface area (Å²) in [5.74, 6) is -0.521. The molecule has 0 spiro atoms. The van der Waals surface area contributed by atoms with Gasteiger partial charge in [-0.2, -0.15) is 13.2 Å². The molecule has 0 atom stereocenters. The summed E-state index contributed by atoms with van der Waals surface area (Å²) >= 11 is 0. The third-order valence-corrected chi connectivity index (χ3v) is 6.49. The van der Waals surface area contributed by atoms with Crippen molar-refractivity contribution in [1.82, 2.24) is 0 Å². The minimum Gasteiger partial charge on any atom is -0.366 e. The minimum absolute atomic E-state index is 0.00745. The maximum absolute atomic E-state index is 12.8. The van der Waals surface area contributed by atoms with Gasteiger partial charge in [-0.3, -0.25) is 14.9 Å². The Kier molecular flexibility index (Phi) is 6.20. The van der Waals surface area contributed by atoms with Crippen LogP contribution in [0.5, 0.6) is 0 Å². The Hall–Kier alpha value is -3.15. The van der Waals surface area contributed by atoms with Crippen molar-refractivity contribution in [1.29, 1.82) is 0 Å². The van der Waals surface area contributed by atoms with Crippen LogP contribution in [0.15, 0.2) is 53.4 Å². The van der Waals surface area contributed by atoms with Gasteiger partial charge in [-0.1, -0.05) is 18.2 Å². The summed E-state index contributed by atoms with van der Waals surface area (Å²) in [5, 5.41) is 14.2. The van der Waals surface area contributed by atoms with Crippen molar-refractivity contribution >= 4 is 32.8 Å². The number of alkyl halides is 3. The fraction of sp³-hybridized carbons (Fsp3) is 0.316. The molecule has 1 amide bonds. The molecule has 166 valence electrons. The van der Waals surface area contributed by atoms with E-state index in [1.165, 1.54) is 0 Å². The molecular formula is C19H18F3N3O5S. The number of sulfone groups is 1. The van der Waals surface area contributed by atoms with E-state index in [0.29, 0.717) is 30.7 Å². The molecule has 8 nitrogen and oxygen atoms in total. The molecule has 0 saturated carbocycles. The van der Waals surface area contributed by atoms with Crippen molar-refractivity contribution in [2.24, 2.45) is 5.92 Å². The van der Waals surface area contributed by atoms with Crippen molar-refractivity contribution in [3.05, 3.63) is 58.6 Å². The molecule has 1 saturated heterocycles. The molecule has 1 fully saturated rings. The van der Waals surface area contributed by atoms with Gasteiger partial charge < -0.3 is 10.2 Å². The number of nitrogens with zero attached hydrogens (tertiary/aromatic N) is 2. The van der Waals surface area contributed by atoms with Crippen molar-refractivity contribution in [3.63, 3.8) is 0 Å². The zero-order valence-electron chi connectivity index (χ0n) is 16.0. The number of piperidine rings is 1. The molecular weight excluding hydrogens is 439 g/mol. The first-order valence-corrected chi connectivity index (χ1v) is 10.7. The lowest BCUT2D eigenvalue weighted by Crippen LogP contribution is -2.38. The van der Waals surface area contributed by atoms with Crippen LogP contribution in [0.4, 0.5) is 30.2 Å². The molecule has 31 heavy (non-hydrogen) atoms. The van der Waals surface area contributed by atoms with Crippen molar-refractivity contribution in [3.8, 4) is 0 Å². The van der Waals surface area contributed by atoms with Gasteiger partial charge >= 0.3 is 5.51 Å². The lowest BCUT2D eigenvalue weighted by molar-refractivity contribution is -0.384. The molecule has 1 heterocycles. The number of anilines is 2. The van der Waals surface area contributed by atoms with Crippen LogP contribution in [0.2, 0.25) is 0 Å². The molecule has 1 aliphatic heterocycles. The molecule has 0 aromatic heterocycles. The van der Waals surface area contributed by atoms with Gasteiger partial charge in [0.1, 0.15) is 5.69 Å². The molecule has 1 aliphatic rings. The second-order valence-electron chi connectivity index (χ2n) is 6.97. The number of carbonyl (C=O) groups excluding carboxylic acids is 1. The number of hydrogen-bond acceptors (Lipinski definition) is 6. The van der Waals surface area contributed by atoms with E-state index in [9.17, 15) is 36.5 Å². The Morgan fingerprint density at radius 2 is 1.71 bits per heavy atom. The maximum Gasteiger partial charge on any atom is 0.501 e. The van der Waals surface area contributed by atoms with Crippen LogP contribution in [0.3, 0.4) is 0 Å². The van der Waals surface area contributed by atoms with Gasteiger partial charge in [-0.05, 0) is 37.1 Å².